The third-order valence-corrected chi connectivity index (χ3v) is 4.58. The molecule has 0 radical (unpaired) electrons. The number of non-ortho nitro benzene ring substituents is 1. The molecule has 0 unspecified atom stereocenters. The number of anilines is 1. The van der Waals surface area contributed by atoms with Gasteiger partial charge in [0.05, 0.1) is 18.2 Å². The second kappa shape index (κ2) is 11.2. The molecule has 34 heavy (non-hydrogen) atoms. The first-order chi connectivity index (χ1) is 16.4. The van der Waals surface area contributed by atoms with E-state index in [1.54, 1.807) is 30.3 Å². The normalized spacial score (nSPS) is 10.5. The maximum absolute atomic E-state index is 12.2. The quantitative estimate of drug-likeness (QED) is 0.283. The zero-order valence-corrected chi connectivity index (χ0v) is 18.5. The molecule has 0 aromatic heterocycles. The summed E-state index contributed by atoms with van der Waals surface area (Å²) >= 11 is 0. The lowest BCUT2D eigenvalue weighted by Gasteiger charge is -2.11. The highest BCUT2D eigenvalue weighted by Gasteiger charge is 2.11. The first kappa shape index (κ1) is 23.9. The number of carbonyl (C=O) groups is 2. The average molecular weight is 462 g/mol. The number of benzene rings is 3. The van der Waals surface area contributed by atoms with Crippen molar-refractivity contribution in [2.45, 2.75) is 6.92 Å². The van der Waals surface area contributed by atoms with Gasteiger partial charge in [-0.15, -0.1) is 0 Å². The standard InChI is InChI=1S/C24H22N4O6/c1-16-6-9-19(10-7-16)26-23(29)15-34-21-11-8-17(12-22(21)33-2)14-25-27-24(30)18-4-3-5-20(13-18)28(31)32/h3-14H,15H2,1-2H3,(H,26,29)(H,27,30)/b25-14-. The van der Waals surface area contributed by atoms with E-state index in [-0.39, 0.29) is 23.8 Å². The van der Waals surface area contributed by atoms with Crippen LogP contribution < -0.4 is 20.2 Å². The average Bonchev–Trinajstić information content (AvgIpc) is 2.84. The largest absolute Gasteiger partial charge is 0.493 e. The van der Waals surface area contributed by atoms with Crippen molar-refractivity contribution in [2.75, 3.05) is 19.0 Å². The summed E-state index contributed by atoms with van der Waals surface area (Å²) in [5.74, 6) is -0.178. The predicted octanol–water partition coefficient (Wildman–Crippen LogP) is 3.69. The van der Waals surface area contributed by atoms with E-state index in [4.69, 9.17) is 9.47 Å². The third-order valence-electron chi connectivity index (χ3n) is 4.58. The highest BCUT2D eigenvalue weighted by molar-refractivity contribution is 5.95. The summed E-state index contributed by atoms with van der Waals surface area (Å²) in [5, 5.41) is 17.5. The Hall–Kier alpha value is -4.73. The van der Waals surface area contributed by atoms with Gasteiger partial charge in [0.15, 0.2) is 18.1 Å². The van der Waals surface area contributed by atoms with Gasteiger partial charge < -0.3 is 14.8 Å². The molecule has 3 rings (SSSR count). The van der Waals surface area contributed by atoms with Gasteiger partial charge in [-0.05, 0) is 48.9 Å². The molecular formula is C24H22N4O6. The Morgan fingerprint density at radius 1 is 1.06 bits per heavy atom. The predicted molar refractivity (Wildman–Crippen MR) is 126 cm³/mol. The van der Waals surface area contributed by atoms with Crippen LogP contribution in [0.4, 0.5) is 11.4 Å². The van der Waals surface area contributed by atoms with Gasteiger partial charge in [0, 0.05) is 23.4 Å². The van der Waals surface area contributed by atoms with Crippen molar-refractivity contribution < 1.29 is 24.0 Å². The van der Waals surface area contributed by atoms with Crippen molar-refractivity contribution in [1.29, 1.82) is 0 Å². The van der Waals surface area contributed by atoms with Crippen molar-refractivity contribution in [1.82, 2.24) is 5.43 Å². The van der Waals surface area contributed by atoms with Crippen LogP contribution in [0, 0.1) is 17.0 Å². The van der Waals surface area contributed by atoms with E-state index in [0.717, 1.165) is 11.6 Å². The number of nitro benzene ring substituents is 1. The molecule has 0 saturated heterocycles. The zero-order valence-electron chi connectivity index (χ0n) is 18.5. The summed E-state index contributed by atoms with van der Waals surface area (Å²) in [7, 11) is 1.46. The first-order valence-electron chi connectivity index (χ1n) is 10.1. The SMILES string of the molecule is COc1cc(/C=N\NC(=O)c2cccc([N+](=O)[O-])c2)ccc1OCC(=O)Nc1ccc(C)cc1. The number of amides is 2. The number of nitrogens with zero attached hydrogens (tertiary/aromatic N) is 2. The molecule has 0 atom stereocenters. The summed E-state index contributed by atoms with van der Waals surface area (Å²) in [4.78, 5) is 34.6. The van der Waals surface area contributed by atoms with Gasteiger partial charge in [-0.3, -0.25) is 19.7 Å². The van der Waals surface area contributed by atoms with Gasteiger partial charge in [0.2, 0.25) is 0 Å². The molecule has 3 aromatic rings. The number of hydrazone groups is 1. The maximum Gasteiger partial charge on any atom is 0.271 e. The fourth-order valence-corrected chi connectivity index (χ4v) is 2.85. The number of rotatable bonds is 9. The van der Waals surface area contributed by atoms with Gasteiger partial charge in [-0.2, -0.15) is 5.10 Å². The molecule has 0 spiro atoms. The summed E-state index contributed by atoms with van der Waals surface area (Å²) in [6.07, 6.45) is 1.38. The molecule has 2 N–H and O–H groups in total. The minimum atomic E-state index is -0.591. The van der Waals surface area contributed by atoms with Gasteiger partial charge in [-0.25, -0.2) is 5.43 Å². The van der Waals surface area contributed by atoms with E-state index in [0.29, 0.717) is 22.7 Å². The molecule has 0 heterocycles. The highest BCUT2D eigenvalue weighted by Crippen LogP contribution is 2.27. The fraction of sp³-hybridized carbons (Fsp3) is 0.125. The van der Waals surface area contributed by atoms with Gasteiger partial charge in [0.25, 0.3) is 17.5 Å². The van der Waals surface area contributed by atoms with E-state index in [1.165, 1.54) is 31.5 Å². The molecule has 10 heteroatoms. The lowest BCUT2D eigenvalue weighted by Crippen LogP contribution is -2.20. The number of ether oxygens (including phenoxy) is 2. The van der Waals surface area contributed by atoms with Crippen molar-refractivity contribution in [3.05, 3.63) is 93.5 Å². The summed E-state index contributed by atoms with van der Waals surface area (Å²) in [5.41, 5.74) is 4.58. The molecule has 0 aliphatic rings. The van der Waals surface area contributed by atoms with Crippen LogP contribution in [0.25, 0.3) is 0 Å². The first-order valence-corrected chi connectivity index (χ1v) is 10.1. The lowest BCUT2D eigenvalue weighted by molar-refractivity contribution is -0.384. The van der Waals surface area contributed by atoms with Gasteiger partial charge >= 0.3 is 0 Å². The summed E-state index contributed by atoms with van der Waals surface area (Å²) < 4.78 is 10.9. The lowest BCUT2D eigenvalue weighted by atomic mass is 10.2. The van der Waals surface area contributed by atoms with Crippen molar-refractivity contribution >= 4 is 29.4 Å². The van der Waals surface area contributed by atoms with E-state index >= 15 is 0 Å². The second-order valence-electron chi connectivity index (χ2n) is 7.12. The zero-order chi connectivity index (χ0) is 24.5. The Morgan fingerprint density at radius 3 is 2.53 bits per heavy atom. The third kappa shape index (κ3) is 6.63. The Kier molecular flexibility index (Phi) is 7.90. The molecule has 174 valence electrons. The second-order valence-corrected chi connectivity index (χ2v) is 7.12. The Labute approximate surface area is 195 Å². The molecule has 3 aromatic carbocycles. The number of nitro groups is 1. The number of hydrogen-bond acceptors (Lipinski definition) is 7. The number of hydrogen-bond donors (Lipinski definition) is 2. The van der Waals surface area contributed by atoms with Crippen LogP contribution >= 0.6 is 0 Å². The van der Waals surface area contributed by atoms with Crippen LogP contribution in [0.3, 0.4) is 0 Å². The number of nitrogens with one attached hydrogen (secondary N) is 2. The molecule has 0 bridgehead atoms. The molecular weight excluding hydrogens is 440 g/mol. The molecule has 10 nitrogen and oxygen atoms in total. The topological polar surface area (TPSA) is 132 Å². The van der Waals surface area contributed by atoms with Crippen LogP contribution in [-0.2, 0) is 4.79 Å². The molecule has 0 aliphatic heterocycles. The maximum atomic E-state index is 12.2. The van der Waals surface area contributed by atoms with Crippen LogP contribution in [0.15, 0.2) is 71.8 Å². The Balaban J connectivity index is 1.57. The number of carbonyl (C=O) groups excluding carboxylic acids is 2. The smallest absolute Gasteiger partial charge is 0.271 e. The highest BCUT2D eigenvalue weighted by atomic mass is 16.6. The minimum Gasteiger partial charge on any atom is -0.493 e. The van der Waals surface area contributed by atoms with E-state index in [1.807, 2.05) is 19.1 Å². The van der Waals surface area contributed by atoms with E-state index in [2.05, 4.69) is 15.8 Å². The Morgan fingerprint density at radius 2 is 1.82 bits per heavy atom. The molecule has 0 aliphatic carbocycles. The van der Waals surface area contributed by atoms with Crippen molar-refractivity contribution in [2.24, 2.45) is 5.10 Å². The van der Waals surface area contributed by atoms with Crippen LogP contribution in [0.5, 0.6) is 11.5 Å². The molecule has 0 fully saturated rings. The van der Waals surface area contributed by atoms with E-state index in [9.17, 15) is 19.7 Å². The molecule has 2 amide bonds. The summed E-state index contributed by atoms with van der Waals surface area (Å²) in [6.45, 7) is 1.75. The number of methoxy groups -OCH3 is 1. The fourth-order valence-electron chi connectivity index (χ4n) is 2.85. The van der Waals surface area contributed by atoms with Crippen LogP contribution in [-0.4, -0.2) is 36.7 Å². The summed E-state index contributed by atoms with van der Waals surface area (Å²) in [6, 6.07) is 17.6. The number of aryl methyl sites for hydroxylation is 1. The Bertz CT molecular complexity index is 1220. The van der Waals surface area contributed by atoms with Crippen molar-refractivity contribution in [3.63, 3.8) is 0 Å². The minimum absolute atomic E-state index is 0.108. The molecule has 0 saturated carbocycles. The van der Waals surface area contributed by atoms with Crippen molar-refractivity contribution in [3.8, 4) is 11.5 Å². The van der Waals surface area contributed by atoms with E-state index < -0.39 is 10.8 Å². The van der Waals surface area contributed by atoms with Crippen LogP contribution in [0.1, 0.15) is 21.5 Å². The van der Waals surface area contributed by atoms with Gasteiger partial charge in [0.1, 0.15) is 0 Å². The van der Waals surface area contributed by atoms with Gasteiger partial charge in [-0.1, -0.05) is 23.8 Å². The van der Waals surface area contributed by atoms with Crippen LogP contribution in [0.2, 0.25) is 0 Å². The monoisotopic (exact) mass is 462 g/mol.